The van der Waals surface area contributed by atoms with Crippen molar-refractivity contribution in [3.63, 3.8) is 0 Å². The van der Waals surface area contributed by atoms with Crippen LogP contribution in [0.15, 0.2) is 29.0 Å². The highest BCUT2D eigenvalue weighted by molar-refractivity contribution is 6.33. The highest BCUT2D eigenvalue weighted by atomic mass is 35.5. The van der Waals surface area contributed by atoms with E-state index in [1.54, 1.807) is 6.92 Å². The zero-order valence-electron chi connectivity index (χ0n) is 9.54. The summed E-state index contributed by atoms with van der Waals surface area (Å²) in [6, 6.07) is 4.08. The minimum Gasteiger partial charge on any atom is -0.448 e. The topological polar surface area (TPSA) is 55.1 Å². The smallest absolute Gasteiger partial charge is 0.256 e. The molecule has 94 valence electrons. The summed E-state index contributed by atoms with van der Waals surface area (Å²) < 4.78 is 18.5. The van der Waals surface area contributed by atoms with Crippen molar-refractivity contribution in [3.8, 4) is 0 Å². The molecule has 0 aliphatic rings. The van der Waals surface area contributed by atoms with Gasteiger partial charge in [-0.3, -0.25) is 4.79 Å². The molecular weight excluding hydrogens is 259 g/mol. The number of aromatic nitrogens is 1. The van der Waals surface area contributed by atoms with Gasteiger partial charge in [0, 0.05) is 0 Å². The first-order valence-electron chi connectivity index (χ1n) is 5.20. The van der Waals surface area contributed by atoms with E-state index in [4.69, 9.17) is 16.0 Å². The van der Waals surface area contributed by atoms with E-state index in [0.717, 1.165) is 0 Å². The molecule has 1 amide bonds. The second kappa shape index (κ2) is 5.18. The molecule has 0 atom stereocenters. The number of nitrogens with one attached hydrogen (secondary N) is 1. The minimum atomic E-state index is -0.656. The number of amides is 1. The van der Waals surface area contributed by atoms with Crippen LogP contribution in [0.3, 0.4) is 0 Å². The summed E-state index contributed by atoms with van der Waals surface area (Å²) >= 11 is 5.78. The van der Waals surface area contributed by atoms with Crippen molar-refractivity contribution < 1.29 is 13.6 Å². The summed E-state index contributed by atoms with van der Waals surface area (Å²) in [5, 5.41) is 2.61. The maximum atomic E-state index is 13.5. The summed E-state index contributed by atoms with van der Waals surface area (Å²) in [7, 11) is 0. The van der Waals surface area contributed by atoms with E-state index in [0.29, 0.717) is 11.5 Å². The molecule has 1 aromatic carbocycles. The fourth-order valence-electron chi connectivity index (χ4n) is 1.47. The molecule has 6 heteroatoms. The third-order valence-corrected chi connectivity index (χ3v) is 2.77. The van der Waals surface area contributed by atoms with E-state index in [1.165, 1.54) is 24.6 Å². The Morgan fingerprint density at radius 3 is 2.94 bits per heavy atom. The Bertz CT molecular complexity index is 563. The van der Waals surface area contributed by atoms with Gasteiger partial charge in [0.2, 0.25) is 0 Å². The quantitative estimate of drug-likeness (QED) is 0.931. The van der Waals surface area contributed by atoms with Crippen LogP contribution in [-0.2, 0) is 6.54 Å². The van der Waals surface area contributed by atoms with Crippen molar-refractivity contribution in [2.24, 2.45) is 0 Å². The Kier molecular flexibility index (Phi) is 3.62. The Balaban J connectivity index is 2.11. The third kappa shape index (κ3) is 2.51. The van der Waals surface area contributed by atoms with E-state index >= 15 is 0 Å². The second-order valence-electron chi connectivity index (χ2n) is 3.63. The molecular formula is C12H10ClFN2O2. The van der Waals surface area contributed by atoms with Crippen LogP contribution in [0.2, 0.25) is 5.02 Å². The highest BCUT2D eigenvalue weighted by Gasteiger charge is 2.16. The monoisotopic (exact) mass is 268 g/mol. The van der Waals surface area contributed by atoms with Gasteiger partial charge in [0.25, 0.3) is 5.91 Å². The van der Waals surface area contributed by atoms with E-state index in [1.807, 2.05) is 0 Å². The van der Waals surface area contributed by atoms with E-state index in [2.05, 4.69) is 10.3 Å². The zero-order chi connectivity index (χ0) is 13.1. The van der Waals surface area contributed by atoms with Gasteiger partial charge < -0.3 is 9.73 Å². The zero-order valence-corrected chi connectivity index (χ0v) is 10.3. The van der Waals surface area contributed by atoms with Gasteiger partial charge in [-0.15, -0.1) is 0 Å². The molecule has 18 heavy (non-hydrogen) atoms. The van der Waals surface area contributed by atoms with Crippen molar-refractivity contribution in [2.75, 3.05) is 0 Å². The number of benzene rings is 1. The molecule has 0 aliphatic carbocycles. The Labute approximate surface area is 108 Å². The molecule has 1 heterocycles. The summed E-state index contributed by atoms with van der Waals surface area (Å²) in [4.78, 5) is 15.7. The largest absolute Gasteiger partial charge is 0.448 e. The standard InChI is InChI=1S/C12H10ClFN2O2/c1-7-10(16-6-18-7)5-15-12(17)11-8(13)3-2-4-9(11)14/h2-4,6H,5H2,1H3,(H,15,17). The Morgan fingerprint density at radius 2 is 2.33 bits per heavy atom. The second-order valence-corrected chi connectivity index (χ2v) is 4.04. The number of aryl methyl sites for hydroxylation is 1. The first kappa shape index (κ1) is 12.6. The molecule has 2 aromatic rings. The van der Waals surface area contributed by atoms with Gasteiger partial charge in [0.1, 0.15) is 17.3 Å². The summed E-state index contributed by atoms with van der Waals surface area (Å²) in [5.41, 5.74) is 0.427. The highest BCUT2D eigenvalue weighted by Crippen LogP contribution is 2.18. The number of oxazole rings is 1. The minimum absolute atomic E-state index is 0.0735. The maximum Gasteiger partial charge on any atom is 0.256 e. The molecule has 0 aliphatic heterocycles. The van der Waals surface area contributed by atoms with Crippen molar-refractivity contribution >= 4 is 17.5 Å². The number of rotatable bonds is 3. The number of hydrogen-bond donors (Lipinski definition) is 1. The van der Waals surface area contributed by atoms with Crippen LogP contribution < -0.4 is 5.32 Å². The molecule has 0 unspecified atom stereocenters. The fourth-order valence-corrected chi connectivity index (χ4v) is 1.71. The molecule has 0 saturated carbocycles. The lowest BCUT2D eigenvalue weighted by atomic mass is 10.2. The first-order chi connectivity index (χ1) is 8.59. The number of carbonyl (C=O) groups is 1. The van der Waals surface area contributed by atoms with Crippen LogP contribution in [0, 0.1) is 12.7 Å². The van der Waals surface area contributed by atoms with Gasteiger partial charge in [0.05, 0.1) is 17.1 Å². The normalized spacial score (nSPS) is 10.4. The van der Waals surface area contributed by atoms with Crippen molar-refractivity contribution in [2.45, 2.75) is 13.5 Å². The Morgan fingerprint density at radius 1 is 1.56 bits per heavy atom. The average molecular weight is 269 g/mol. The SMILES string of the molecule is Cc1ocnc1CNC(=O)c1c(F)cccc1Cl. The average Bonchev–Trinajstić information content (AvgIpc) is 2.72. The van der Waals surface area contributed by atoms with E-state index < -0.39 is 11.7 Å². The van der Waals surface area contributed by atoms with Crippen LogP contribution in [-0.4, -0.2) is 10.9 Å². The van der Waals surface area contributed by atoms with Crippen LogP contribution in [0.1, 0.15) is 21.8 Å². The summed E-state index contributed by atoms with van der Waals surface area (Å²) in [6.07, 6.45) is 1.28. The van der Waals surface area contributed by atoms with E-state index in [9.17, 15) is 9.18 Å². The lowest BCUT2D eigenvalue weighted by molar-refractivity contribution is 0.0946. The van der Waals surface area contributed by atoms with Gasteiger partial charge in [-0.1, -0.05) is 17.7 Å². The molecule has 1 aromatic heterocycles. The molecule has 0 spiro atoms. The van der Waals surface area contributed by atoms with Crippen LogP contribution in [0.4, 0.5) is 4.39 Å². The van der Waals surface area contributed by atoms with Crippen molar-refractivity contribution in [1.82, 2.24) is 10.3 Å². The number of hydrogen-bond acceptors (Lipinski definition) is 3. The van der Waals surface area contributed by atoms with E-state index in [-0.39, 0.29) is 17.1 Å². The van der Waals surface area contributed by atoms with Gasteiger partial charge in [0.15, 0.2) is 6.39 Å². The van der Waals surface area contributed by atoms with Crippen LogP contribution >= 0.6 is 11.6 Å². The lowest BCUT2D eigenvalue weighted by Crippen LogP contribution is -2.24. The fraction of sp³-hybridized carbons (Fsp3) is 0.167. The lowest BCUT2D eigenvalue weighted by Gasteiger charge is -2.06. The van der Waals surface area contributed by atoms with Crippen LogP contribution in [0.25, 0.3) is 0 Å². The van der Waals surface area contributed by atoms with Crippen molar-refractivity contribution in [1.29, 1.82) is 0 Å². The summed E-state index contributed by atoms with van der Waals surface area (Å²) in [6.45, 7) is 1.89. The van der Waals surface area contributed by atoms with Crippen LogP contribution in [0.5, 0.6) is 0 Å². The predicted octanol–water partition coefficient (Wildman–Crippen LogP) is 2.71. The van der Waals surface area contributed by atoms with Gasteiger partial charge >= 0.3 is 0 Å². The molecule has 0 saturated heterocycles. The van der Waals surface area contributed by atoms with Crippen molar-refractivity contribution in [3.05, 3.63) is 52.5 Å². The molecule has 2 rings (SSSR count). The maximum absolute atomic E-state index is 13.5. The molecule has 0 fully saturated rings. The molecule has 0 bridgehead atoms. The first-order valence-corrected chi connectivity index (χ1v) is 5.58. The van der Waals surface area contributed by atoms with Gasteiger partial charge in [-0.25, -0.2) is 9.37 Å². The molecule has 0 radical (unpaired) electrons. The number of carbonyl (C=O) groups excluding carboxylic acids is 1. The summed E-state index contributed by atoms with van der Waals surface area (Å²) in [5.74, 6) is -0.632. The number of halogens is 2. The molecule has 4 nitrogen and oxygen atoms in total. The predicted molar refractivity (Wildman–Crippen MR) is 63.8 cm³/mol. The number of nitrogens with zero attached hydrogens (tertiary/aromatic N) is 1. The third-order valence-electron chi connectivity index (χ3n) is 2.45. The molecule has 1 N–H and O–H groups in total. The van der Waals surface area contributed by atoms with Gasteiger partial charge in [-0.2, -0.15) is 0 Å². The Hall–Kier alpha value is -1.88. The van der Waals surface area contributed by atoms with Gasteiger partial charge in [-0.05, 0) is 19.1 Å².